The van der Waals surface area contributed by atoms with E-state index in [-0.39, 0.29) is 5.56 Å². The molecule has 1 atom stereocenters. The number of hydrogen-bond acceptors (Lipinski definition) is 4. The average molecular weight is 310 g/mol. The predicted octanol–water partition coefficient (Wildman–Crippen LogP) is 1.25. The van der Waals surface area contributed by atoms with Gasteiger partial charge < -0.3 is 4.90 Å². The van der Waals surface area contributed by atoms with Crippen LogP contribution in [0.15, 0.2) is 40.1 Å². The molecule has 3 rings (SSSR count). The van der Waals surface area contributed by atoms with Crippen LogP contribution in [0, 0.1) is 11.3 Å². The quantitative estimate of drug-likeness (QED) is 0.925. The number of rotatable bonds is 3. The Bertz CT molecular complexity index is 875. The number of nitrogens with one attached hydrogen (secondary N) is 1. The van der Waals surface area contributed by atoms with Gasteiger partial charge in [0.05, 0.1) is 0 Å². The van der Waals surface area contributed by atoms with Gasteiger partial charge in [0.15, 0.2) is 0 Å². The molecule has 2 heterocycles. The van der Waals surface area contributed by atoms with E-state index in [9.17, 15) is 9.59 Å². The summed E-state index contributed by atoms with van der Waals surface area (Å²) in [6, 6.07) is 10.5. The van der Waals surface area contributed by atoms with Gasteiger partial charge in [-0.1, -0.05) is 18.2 Å². The number of nitriles is 1. The summed E-state index contributed by atoms with van der Waals surface area (Å²) in [7, 11) is 0. The molecule has 23 heavy (non-hydrogen) atoms. The number of nitrogens with zero attached hydrogens (tertiary/aromatic N) is 3. The van der Waals surface area contributed by atoms with Crippen molar-refractivity contribution in [3.05, 3.63) is 62.4 Å². The van der Waals surface area contributed by atoms with E-state index in [1.165, 1.54) is 22.0 Å². The lowest BCUT2D eigenvalue weighted by Crippen LogP contribution is -2.41. The molecule has 0 radical (unpaired) electrons. The fourth-order valence-electron chi connectivity index (χ4n) is 3.07. The second-order valence-electron chi connectivity index (χ2n) is 5.82. The number of anilines is 1. The smallest absolute Gasteiger partial charge is 0.328 e. The molecular formula is C17H18N4O2. The van der Waals surface area contributed by atoms with Crippen molar-refractivity contribution in [2.24, 2.45) is 0 Å². The second-order valence-corrected chi connectivity index (χ2v) is 5.82. The third-order valence-electron chi connectivity index (χ3n) is 4.38. The van der Waals surface area contributed by atoms with Crippen LogP contribution in [0.3, 0.4) is 0 Å². The minimum atomic E-state index is -0.634. The highest BCUT2D eigenvalue weighted by Gasteiger charge is 2.22. The minimum Gasteiger partial charge on any atom is -0.367 e. The number of aromatic amines is 1. The second kappa shape index (κ2) is 6.13. The molecule has 0 spiro atoms. The molecule has 1 aromatic heterocycles. The summed E-state index contributed by atoms with van der Waals surface area (Å²) in [5, 5.41) is 8.93. The highest BCUT2D eigenvalue weighted by Crippen LogP contribution is 2.30. The largest absolute Gasteiger partial charge is 0.367 e. The first kappa shape index (κ1) is 15.1. The van der Waals surface area contributed by atoms with E-state index in [0.717, 1.165) is 12.8 Å². The number of para-hydroxylation sites is 1. The number of fused-ring (bicyclic) bond motifs is 1. The van der Waals surface area contributed by atoms with Gasteiger partial charge in [-0.15, -0.1) is 0 Å². The third-order valence-corrected chi connectivity index (χ3v) is 4.38. The fourth-order valence-corrected chi connectivity index (χ4v) is 3.07. The third kappa shape index (κ3) is 2.90. The van der Waals surface area contributed by atoms with Gasteiger partial charge in [0.1, 0.15) is 11.6 Å². The van der Waals surface area contributed by atoms with Crippen molar-refractivity contribution in [1.29, 1.82) is 5.26 Å². The van der Waals surface area contributed by atoms with Crippen LogP contribution < -0.4 is 16.1 Å². The maximum Gasteiger partial charge on any atom is 0.328 e. The van der Waals surface area contributed by atoms with Crippen LogP contribution in [0.5, 0.6) is 0 Å². The highest BCUT2D eigenvalue weighted by molar-refractivity contribution is 5.56. The Balaban J connectivity index is 1.85. The Kier molecular flexibility index (Phi) is 4.02. The van der Waals surface area contributed by atoms with Gasteiger partial charge in [-0.2, -0.15) is 5.26 Å². The predicted molar refractivity (Wildman–Crippen MR) is 87.6 cm³/mol. The van der Waals surface area contributed by atoms with Crippen LogP contribution in [-0.2, 0) is 13.0 Å². The molecule has 118 valence electrons. The summed E-state index contributed by atoms with van der Waals surface area (Å²) >= 11 is 0. The van der Waals surface area contributed by atoms with Gasteiger partial charge in [0, 0.05) is 31.0 Å². The molecule has 0 saturated carbocycles. The van der Waals surface area contributed by atoms with Crippen molar-refractivity contribution < 1.29 is 0 Å². The monoisotopic (exact) mass is 310 g/mol. The Morgan fingerprint density at radius 3 is 2.87 bits per heavy atom. The van der Waals surface area contributed by atoms with Gasteiger partial charge in [0.25, 0.3) is 5.56 Å². The van der Waals surface area contributed by atoms with E-state index >= 15 is 0 Å². The van der Waals surface area contributed by atoms with Crippen molar-refractivity contribution in [2.75, 3.05) is 11.4 Å². The molecule has 1 aliphatic heterocycles. The highest BCUT2D eigenvalue weighted by atomic mass is 16.2. The van der Waals surface area contributed by atoms with Gasteiger partial charge >= 0.3 is 5.69 Å². The molecule has 0 bridgehead atoms. The van der Waals surface area contributed by atoms with Gasteiger partial charge in [-0.3, -0.25) is 14.3 Å². The summed E-state index contributed by atoms with van der Waals surface area (Å²) < 4.78 is 1.39. The number of aryl methyl sites for hydroxylation is 1. The Morgan fingerprint density at radius 1 is 1.30 bits per heavy atom. The molecule has 1 aromatic carbocycles. The molecule has 1 aliphatic rings. The first-order chi connectivity index (χ1) is 11.1. The van der Waals surface area contributed by atoms with Crippen molar-refractivity contribution in [3.8, 4) is 6.07 Å². The summed E-state index contributed by atoms with van der Waals surface area (Å²) in [6.07, 6.45) is 3.47. The normalized spacial score (nSPS) is 16.7. The summed E-state index contributed by atoms with van der Waals surface area (Å²) in [6.45, 7) is 3.24. The molecule has 2 aromatic rings. The van der Waals surface area contributed by atoms with Gasteiger partial charge in [0.2, 0.25) is 0 Å². The van der Waals surface area contributed by atoms with Crippen LogP contribution in [0.25, 0.3) is 0 Å². The fraction of sp³-hybridized carbons (Fsp3) is 0.353. The molecule has 0 aliphatic carbocycles. The Morgan fingerprint density at radius 2 is 2.09 bits per heavy atom. The maximum atomic E-state index is 11.9. The zero-order valence-corrected chi connectivity index (χ0v) is 13.0. The van der Waals surface area contributed by atoms with E-state index in [0.29, 0.717) is 19.1 Å². The lowest BCUT2D eigenvalue weighted by Gasteiger charge is -2.37. The Labute approximate surface area is 133 Å². The molecule has 6 nitrogen and oxygen atoms in total. The number of benzene rings is 1. The van der Waals surface area contributed by atoms with E-state index in [4.69, 9.17) is 5.26 Å². The first-order valence-electron chi connectivity index (χ1n) is 7.68. The Hall–Kier alpha value is -2.81. The van der Waals surface area contributed by atoms with Crippen LogP contribution in [-0.4, -0.2) is 22.1 Å². The van der Waals surface area contributed by atoms with Crippen molar-refractivity contribution in [3.63, 3.8) is 0 Å². The lowest BCUT2D eigenvalue weighted by atomic mass is 9.97. The number of aromatic nitrogens is 2. The topological polar surface area (TPSA) is 81.9 Å². The lowest BCUT2D eigenvalue weighted by molar-refractivity contribution is 0.526. The molecular weight excluding hydrogens is 292 g/mol. The number of H-pyrrole nitrogens is 1. The zero-order valence-electron chi connectivity index (χ0n) is 13.0. The molecule has 1 N–H and O–H groups in total. The van der Waals surface area contributed by atoms with E-state index < -0.39 is 11.2 Å². The number of hydrogen-bond donors (Lipinski definition) is 1. The van der Waals surface area contributed by atoms with E-state index in [1.54, 1.807) is 0 Å². The molecule has 0 fully saturated rings. The standard InChI is InChI=1S/C17H18N4O2/c1-12-6-7-13-4-2-3-5-15(13)21(12)9-8-20-11-14(10-18)16(22)19-17(20)23/h2-5,11-12H,6-9H2,1H3,(H,19,22,23)/t12-/m1/s1. The molecule has 0 unspecified atom stereocenters. The van der Waals surface area contributed by atoms with Crippen LogP contribution in [0.4, 0.5) is 5.69 Å². The van der Waals surface area contributed by atoms with Gasteiger partial charge in [-0.05, 0) is 31.4 Å². The van der Waals surface area contributed by atoms with Crippen molar-refractivity contribution >= 4 is 5.69 Å². The van der Waals surface area contributed by atoms with E-state index in [2.05, 4.69) is 28.9 Å². The SMILES string of the molecule is C[C@@H]1CCc2ccccc2N1CCn1cc(C#N)c(=O)[nH]c1=O. The maximum absolute atomic E-state index is 11.9. The summed E-state index contributed by atoms with van der Waals surface area (Å²) in [5.41, 5.74) is 1.36. The van der Waals surface area contributed by atoms with Crippen LogP contribution in [0.1, 0.15) is 24.5 Å². The van der Waals surface area contributed by atoms with Gasteiger partial charge in [-0.25, -0.2) is 4.79 Å². The molecule has 6 heteroatoms. The summed E-state index contributed by atoms with van der Waals surface area (Å²) in [4.78, 5) is 27.8. The minimum absolute atomic E-state index is 0.0447. The summed E-state index contributed by atoms with van der Waals surface area (Å²) in [5.74, 6) is 0. The van der Waals surface area contributed by atoms with Crippen LogP contribution in [0.2, 0.25) is 0 Å². The van der Waals surface area contributed by atoms with Crippen molar-refractivity contribution in [1.82, 2.24) is 9.55 Å². The first-order valence-corrected chi connectivity index (χ1v) is 7.68. The molecule has 0 saturated heterocycles. The van der Waals surface area contributed by atoms with E-state index in [1.807, 2.05) is 18.2 Å². The zero-order chi connectivity index (χ0) is 16.4. The molecule has 0 amide bonds. The average Bonchev–Trinajstić information content (AvgIpc) is 2.55. The van der Waals surface area contributed by atoms with Crippen molar-refractivity contribution in [2.45, 2.75) is 32.4 Å². The van der Waals surface area contributed by atoms with Crippen LogP contribution >= 0.6 is 0 Å².